The monoisotopic (exact) mass is 531 g/mol. The van der Waals surface area contributed by atoms with Crippen molar-refractivity contribution in [3.8, 4) is 0 Å². The summed E-state index contributed by atoms with van der Waals surface area (Å²) in [6.45, 7) is -1.95. The van der Waals surface area contributed by atoms with E-state index < -0.39 is 71.2 Å². The molecule has 0 bridgehead atoms. The van der Waals surface area contributed by atoms with Crippen molar-refractivity contribution in [2.75, 3.05) is 6.61 Å². The van der Waals surface area contributed by atoms with Gasteiger partial charge in [-0.2, -0.15) is 8.62 Å². The molecule has 2 unspecified atom stereocenters. The van der Waals surface area contributed by atoms with E-state index in [0.29, 0.717) is 6.20 Å². The summed E-state index contributed by atoms with van der Waals surface area (Å²) in [5.41, 5.74) is -3.51. The highest BCUT2D eigenvalue weighted by Gasteiger charge is 2.57. The Hall–Kier alpha value is -1.43. The molecule has 0 amide bonds. The number of alkyl halides is 1. The average Bonchev–Trinajstić information content (AvgIpc) is 2.79. The number of H-pyrrole nitrogens is 1. The van der Waals surface area contributed by atoms with Crippen LogP contribution in [0.5, 0.6) is 0 Å². The largest absolute Gasteiger partial charge is 0.490 e. The van der Waals surface area contributed by atoms with Crippen LogP contribution < -0.4 is 11.2 Å². The molecule has 0 spiro atoms. The van der Waals surface area contributed by atoms with E-state index in [1.807, 2.05) is 0 Å². The molecule has 0 saturated carbocycles. The summed E-state index contributed by atoms with van der Waals surface area (Å²) < 4.78 is 71.9. The number of ether oxygens (including phenoxy) is 1. The summed E-state index contributed by atoms with van der Waals surface area (Å²) in [6.07, 6.45) is -8.48. The molecule has 1 aromatic heterocycles. The van der Waals surface area contributed by atoms with Crippen LogP contribution in [-0.4, -0.2) is 70.3 Å². The number of aliphatic hydroxyl groups is 2. The fourth-order valence-electron chi connectivity index (χ4n) is 2.18. The number of hydrogen-bond acceptors (Lipinski definition) is 12. The van der Waals surface area contributed by atoms with E-state index in [9.17, 15) is 43.2 Å². The maximum absolute atomic E-state index is 15.1. The third kappa shape index (κ3) is 6.33. The highest BCUT2D eigenvalue weighted by molar-refractivity contribution is 7.66. The lowest BCUT2D eigenvalue weighted by Crippen LogP contribution is -2.43. The number of halogens is 1. The predicted molar refractivity (Wildman–Crippen MR) is 92.5 cm³/mol. The molecule has 32 heavy (non-hydrogen) atoms. The van der Waals surface area contributed by atoms with Crippen molar-refractivity contribution in [1.29, 1.82) is 0 Å². The molecule has 1 saturated heterocycles. The van der Waals surface area contributed by atoms with Crippen LogP contribution in [0.1, 0.15) is 17.9 Å². The summed E-state index contributed by atoms with van der Waals surface area (Å²) in [5, 5.41) is 20.0. The van der Waals surface area contributed by atoms with Crippen molar-refractivity contribution in [2.24, 2.45) is 0 Å². The van der Waals surface area contributed by atoms with Gasteiger partial charge < -0.3 is 34.5 Å². The Balaban J connectivity index is 2.29. The Morgan fingerprint density at radius 1 is 1.22 bits per heavy atom. The second-order valence-electron chi connectivity index (χ2n) is 5.81. The van der Waals surface area contributed by atoms with Crippen molar-refractivity contribution in [1.82, 2.24) is 9.55 Å². The number of aromatic nitrogens is 2. The van der Waals surface area contributed by atoms with E-state index in [1.54, 1.807) is 4.98 Å². The van der Waals surface area contributed by atoms with E-state index >= 15 is 4.39 Å². The topological polar surface area (TPSA) is 281 Å². The van der Waals surface area contributed by atoms with Gasteiger partial charge in [0.2, 0.25) is 0 Å². The number of nitrogens with one attached hydrogen (secondary N) is 1. The normalized spacial score (nSPS) is 32.7. The quantitative estimate of drug-likeness (QED) is 0.129. The Bertz CT molecular complexity index is 1200. The number of aldehydes is 1. The molecule has 0 radical (unpaired) electrons. The van der Waals surface area contributed by atoms with Gasteiger partial charge in [0.05, 0.1) is 6.93 Å². The van der Waals surface area contributed by atoms with Crippen molar-refractivity contribution in [3.05, 3.63) is 32.6 Å². The molecule has 22 heteroatoms. The van der Waals surface area contributed by atoms with Gasteiger partial charge in [0.25, 0.3) is 11.4 Å². The summed E-state index contributed by atoms with van der Waals surface area (Å²) in [4.78, 5) is 71.1. The number of carbonyl (C=O) groups excluding carboxylic acids is 1. The van der Waals surface area contributed by atoms with E-state index in [1.165, 1.54) is 0 Å². The van der Waals surface area contributed by atoms with Gasteiger partial charge in [0, 0.05) is 6.20 Å². The molecular weight excluding hydrogens is 516 g/mol. The zero-order valence-electron chi connectivity index (χ0n) is 15.9. The number of aromatic amines is 1. The Morgan fingerprint density at radius 3 is 2.34 bits per heavy atom. The summed E-state index contributed by atoms with van der Waals surface area (Å²) in [7, 11) is -17.6. The number of carbonyl (C=O) groups is 1. The molecule has 0 aliphatic carbocycles. The Labute approximate surface area is 175 Å². The third-order valence-corrected chi connectivity index (χ3v) is 7.23. The Morgan fingerprint density at radius 2 is 1.81 bits per heavy atom. The second-order valence-corrected chi connectivity index (χ2v) is 10.2. The first-order valence-electron chi connectivity index (χ1n) is 8.10. The van der Waals surface area contributed by atoms with Gasteiger partial charge >= 0.3 is 29.2 Å². The zero-order chi connectivity index (χ0) is 25.6. The fourth-order valence-corrected chi connectivity index (χ4v) is 5.21. The molecule has 18 nitrogen and oxygen atoms in total. The fraction of sp³-hybridized carbons (Fsp3) is 0.500. The lowest BCUT2D eigenvalue weighted by Gasteiger charge is -2.24. The number of nitrogens with zero attached hydrogens (tertiary/aromatic N) is 1. The first-order valence-corrected chi connectivity index (χ1v) is 12.1. The van der Waals surface area contributed by atoms with Gasteiger partial charge in [-0.15, -0.1) is 0 Å². The summed E-state index contributed by atoms with van der Waals surface area (Å²) in [6, 6.07) is 0. The minimum Gasteiger partial charge on any atom is -0.385 e. The third-order valence-electron chi connectivity index (χ3n) is 3.44. The molecule has 1 aliphatic rings. The van der Waals surface area contributed by atoms with Crippen LogP contribution in [0.3, 0.4) is 0 Å². The van der Waals surface area contributed by atoms with Gasteiger partial charge in [-0.05, 0) is 0 Å². The zero-order valence-corrected chi connectivity index (χ0v) is 17.6. The lowest BCUT2D eigenvalue weighted by atomic mass is 10.1. The van der Waals surface area contributed by atoms with Crippen LogP contribution in [-0.2, 0) is 31.6 Å². The van der Waals surface area contributed by atoms with Crippen LogP contribution in [0.15, 0.2) is 15.8 Å². The van der Waals surface area contributed by atoms with Crippen molar-refractivity contribution in [2.45, 2.75) is 24.3 Å². The van der Waals surface area contributed by atoms with Crippen molar-refractivity contribution in [3.63, 3.8) is 0 Å². The molecule has 7 N–H and O–H groups in total. The maximum Gasteiger partial charge on any atom is 0.490 e. The van der Waals surface area contributed by atoms with Crippen LogP contribution >= 0.6 is 23.5 Å². The molecule has 0 aromatic carbocycles. The number of aliphatic hydroxyl groups excluding tert-OH is 2. The molecule has 182 valence electrons. The van der Waals surface area contributed by atoms with Crippen LogP contribution in [0.2, 0.25) is 0 Å². The lowest BCUT2D eigenvalue weighted by molar-refractivity contribution is -0.204. The van der Waals surface area contributed by atoms with Crippen molar-refractivity contribution < 1.29 is 71.9 Å². The van der Waals surface area contributed by atoms with Gasteiger partial charge in [-0.25, -0.2) is 22.9 Å². The van der Waals surface area contributed by atoms with Crippen LogP contribution in [0.4, 0.5) is 4.39 Å². The highest BCUT2D eigenvalue weighted by Crippen LogP contribution is 2.66. The number of hydrogen-bond donors (Lipinski definition) is 7. The molecule has 2 rings (SSSR count). The summed E-state index contributed by atoms with van der Waals surface area (Å²) >= 11 is 0. The maximum atomic E-state index is 15.1. The van der Waals surface area contributed by atoms with Gasteiger partial charge in [-0.3, -0.25) is 23.7 Å². The van der Waals surface area contributed by atoms with Crippen molar-refractivity contribution >= 4 is 29.8 Å². The summed E-state index contributed by atoms with van der Waals surface area (Å²) in [5.74, 6) is -3.82. The van der Waals surface area contributed by atoms with E-state index in [2.05, 4.69) is 17.9 Å². The smallest absolute Gasteiger partial charge is 0.385 e. The molecule has 1 aromatic rings. The molecule has 1 fully saturated rings. The number of phosphoric ester groups is 1. The average molecular weight is 531 g/mol. The van der Waals surface area contributed by atoms with Gasteiger partial charge in [-0.1, -0.05) is 0 Å². The number of phosphoric acid groups is 3. The van der Waals surface area contributed by atoms with Gasteiger partial charge in [0.1, 0.15) is 18.8 Å². The van der Waals surface area contributed by atoms with Crippen LogP contribution in [0.25, 0.3) is 0 Å². The van der Waals surface area contributed by atoms with E-state index in [4.69, 9.17) is 16.1 Å². The van der Waals surface area contributed by atoms with Gasteiger partial charge in [0.15, 0.2) is 12.5 Å². The Kier molecular flexibility index (Phi) is 7.15. The second kappa shape index (κ2) is 9.08. The van der Waals surface area contributed by atoms with E-state index in [-0.39, 0.29) is 10.9 Å². The van der Waals surface area contributed by atoms with Crippen LogP contribution in [0, 0.1) is 0 Å². The standard InChI is InChI=1S/C10H14FN2O16P3/c11-10(3-26-31(22,23)29-32(24,25)28-30(19,20)21)6(16)5(15)8(27-10)13-1-4(2-14)7(17)12-9(13)18/h1-2,5-6,8,15-16H,3H2,(H,22,23)(H,24,25)(H,12,17,18)(H2,19,20,21)/t5-,6+,8-,10-/m1/s1/i8D. The molecule has 2 heterocycles. The minimum absolute atomic E-state index is 0.00180. The number of rotatable bonds is 9. The SMILES string of the molecule is [2H][C@@]1(n2cc(C=O)c(=O)[nH]c2=O)O[C@](F)(COP(=O)(O)OP(=O)(O)OP(=O)(O)O)[C@@H](O)[C@H]1O. The molecule has 1 aliphatic heterocycles. The highest BCUT2D eigenvalue weighted by atomic mass is 31.3. The minimum atomic E-state index is -5.97. The predicted octanol–water partition coefficient (Wildman–Crippen LogP) is -2.39. The first-order chi connectivity index (χ1) is 14.8. The molecule has 6 atom stereocenters. The molecular formula is C10H14FN2O16P3. The first kappa shape index (κ1) is 25.2. The van der Waals surface area contributed by atoms with E-state index in [0.717, 1.165) is 0 Å².